The number of hydrogen-bond acceptors (Lipinski definition) is 8. The highest BCUT2D eigenvalue weighted by Gasteiger charge is 2.47. The molecule has 11 nitrogen and oxygen atoms in total. The fraction of sp³-hybridized carbons (Fsp3) is 0.304. The zero-order chi connectivity index (χ0) is 27.8. The number of aromatic carboxylic acids is 1. The summed E-state index contributed by atoms with van der Waals surface area (Å²) in [5.74, 6) is -1.38. The van der Waals surface area contributed by atoms with Gasteiger partial charge in [0.1, 0.15) is 11.3 Å². The van der Waals surface area contributed by atoms with E-state index in [4.69, 9.17) is 44.1 Å². The lowest BCUT2D eigenvalue weighted by Crippen LogP contribution is -2.47. The van der Waals surface area contributed by atoms with Gasteiger partial charge < -0.3 is 14.4 Å². The zero-order valence-electron chi connectivity index (χ0n) is 19.7. The fourth-order valence-corrected chi connectivity index (χ4v) is 7.22. The Morgan fingerprint density at radius 1 is 1.21 bits per heavy atom. The van der Waals surface area contributed by atoms with Crippen LogP contribution in [0.2, 0.25) is 15.1 Å². The van der Waals surface area contributed by atoms with Gasteiger partial charge in [-0.25, -0.2) is 13.2 Å². The fourth-order valence-electron chi connectivity index (χ4n) is 4.62. The van der Waals surface area contributed by atoms with Crippen LogP contribution in [0.3, 0.4) is 0 Å². The summed E-state index contributed by atoms with van der Waals surface area (Å²) >= 11 is 18.6. The lowest BCUT2D eigenvalue weighted by molar-refractivity contribution is -0.387. The molecule has 2 aromatic carbocycles. The summed E-state index contributed by atoms with van der Waals surface area (Å²) in [6.07, 6.45) is 0.162. The molecule has 0 bridgehead atoms. The number of carboxylic acid groups (broad SMARTS) is 1. The number of rotatable bonds is 8. The summed E-state index contributed by atoms with van der Waals surface area (Å²) in [6.45, 7) is -0.187. The number of carbonyl (C=O) groups is 1. The lowest BCUT2D eigenvalue weighted by atomic mass is 9.75. The minimum absolute atomic E-state index is 0.0105. The monoisotopic (exact) mass is 603 g/mol. The molecular weight excluding hydrogens is 585 g/mol. The molecule has 3 aromatic rings. The molecular formula is C23H20Cl3N3O8S. The standard InChI is InChI=1S/C23H20Cl3N3O8S/c1-36-12-23(6-8-28(9-7-23)38(34,35)17-5-3-2-4-16(17)29(32)33)21-19(22(30)31)20(27-37-21)18-14(25)10-13(24)11-15(18)26/h2-5,10-11H,6-9,12H2,1H3,(H,30,31). The number of methoxy groups -OCH3 is 1. The highest BCUT2D eigenvalue weighted by molar-refractivity contribution is 7.89. The maximum atomic E-state index is 13.3. The number of aromatic nitrogens is 1. The Morgan fingerprint density at radius 3 is 2.37 bits per heavy atom. The van der Waals surface area contributed by atoms with Crippen LogP contribution in [0.15, 0.2) is 45.8 Å². The van der Waals surface area contributed by atoms with Crippen LogP contribution in [0, 0.1) is 10.1 Å². The van der Waals surface area contributed by atoms with Gasteiger partial charge in [0.25, 0.3) is 5.69 Å². The molecule has 0 atom stereocenters. The SMILES string of the molecule is COCC1(c2onc(-c3c(Cl)cc(Cl)cc3Cl)c2C(=O)O)CCN(S(=O)(=O)c2ccccc2[N+](=O)[O-])CC1. The van der Waals surface area contributed by atoms with Crippen molar-refractivity contribution in [2.45, 2.75) is 23.2 Å². The lowest BCUT2D eigenvalue weighted by Gasteiger charge is -2.39. The van der Waals surface area contributed by atoms with Crippen molar-refractivity contribution in [3.05, 3.63) is 72.9 Å². The second kappa shape index (κ2) is 10.8. The van der Waals surface area contributed by atoms with Gasteiger partial charge in [-0.05, 0) is 31.0 Å². The van der Waals surface area contributed by atoms with Gasteiger partial charge in [0.15, 0.2) is 10.7 Å². The van der Waals surface area contributed by atoms with E-state index in [0.717, 1.165) is 10.4 Å². The molecule has 1 aromatic heterocycles. The Balaban J connectivity index is 1.74. The molecule has 2 heterocycles. The predicted octanol–water partition coefficient (Wildman–Crippen LogP) is 5.28. The predicted molar refractivity (Wildman–Crippen MR) is 139 cm³/mol. The molecule has 0 radical (unpaired) electrons. The molecule has 0 spiro atoms. The van der Waals surface area contributed by atoms with E-state index in [2.05, 4.69) is 5.16 Å². The van der Waals surface area contributed by atoms with E-state index in [9.17, 15) is 28.4 Å². The molecule has 0 unspecified atom stereocenters. The number of para-hydroxylation sites is 1. The Hall–Kier alpha value is -2.74. The number of ether oxygens (including phenoxy) is 1. The van der Waals surface area contributed by atoms with Crippen LogP contribution in [0.4, 0.5) is 5.69 Å². The van der Waals surface area contributed by atoms with Crippen LogP contribution < -0.4 is 0 Å². The third-order valence-corrected chi connectivity index (χ3v) is 9.17. The summed E-state index contributed by atoms with van der Waals surface area (Å²) in [4.78, 5) is 22.7. The number of sulfonamides is 1. The van der Waals surface area contributed by atoms with Crippen LogP contribution in [-0.2, 0) is 20.2 Å². The number of nitro benzene ring substituents is 1. The summed E-state index contributed by atoms with van der Waals surface area (Å²) < 4.78 is 38.7. The number of nitrogens with zero attached hydrogens (tertiary/aromatic N) is 3. The molecule has 1 aliphatic rings. The second-order valence-corrected chi connectivity index (χ2v) is 11.8. The van der Waals surface area contributed by atoms with Crippen LogP contribution in [-0.4, -0.2) is 60.7 Å². The quantitative estimate of drug-likeness (QED) is 0.267. The van der Waals surface area contributed by atoms with Crippen molar-refractivity contribution in [2.75, 3.05) is 26.8 Å². The van der Waals surface area contributed by atoms with Crippen molar-refractivity contribution in [1.29, 1.82) is 0 Å². The number of benzene rings is 2. The Morgan fingerprint density at radius 2 is 1.82 bits per heavy atom. The molecule has 0 amide bonds. The molecule has 0 aliphatic carbocycles. The van der Waals surface area contributed by atoms with Crippen molar-refractivity contribution in [1.82, 2.24) is 9.46 Å². The molecule has 0 saturated carbocycles. The summed E-state index contributed by atoms with van der Waals surface area (Å²) in [5, 5.41) is 25.9. The third-order valence-electron chi connectivity index (χ3n) is 6.41. The molecule has 1 N–H and O–H groups in total. The summed E-state index contributed by atoms with van der Waals surface area (Å²) in [7, 11) is -2.80. The molecule has 15 heteroatoms. The number of piperidine rings is 1. The Kier molecular flexibility index (Phi) is 8.03. The molecule has 1 saturated heterocycles. The van der Waals surface area contributed by atoms with Gasteiger partial charge in [-0.15, -0.1) is 0 Å². The maximum absolute atomic E-state index is 13.3. The van der Waals surface area contributed by atoms with Crippen molar-refractivity contribution in [3.8, 4) is 11.3 Å². The van der Waals surface area contributed by atoms with E-state index < -0.39 is 36.9 Å². The van der Waals surface area contributed by atoms with Crippen LogP contribution in [0.25, 0.3) is 11.3 Å². The molecule has 202 valence electrons. The smallest absolute Gasteiger partial charge is 0.341 e. The van der Waals surface area contributed by atoms with E-state index in [1.165, 1.54) is 37.4 Å². The largest absolute Gasteiger partial charge is 0.477 e. The second-order valence-electron chi connectivity index (χ2n) is 8.63. The molecule has 4 rings (SSSR count). The Bertz CT molecular complexity index is 1490. The molecule has 1 aliphatic heterocycles. The average molecular weight is 605 g/mol. The first kappa shape index (κ1) is 28.3. The van der Waals surface area contributed by atoms with Crippen LogP contribution >= 0.6 is 34.8 Å². The number of hydrogen-bond donors (Lipinski definition) is 1. The van der Waals surface area contributed by atoms with Gasteiger partial charge in [-0.3, -0.25) is 10.1 Å². The van der Waals surface area contributed by atoms with Crippen LogP contribution in [0.1, 0.15) is 29.0 Å². The summed E-state index contributed by atoms with van der Waals surface area (Å²) in [6, 6.07) is 7.86. The maximum Gasteiger partial charge on any atom is 0.341 e. The highest BCUT2D eigenvalue weighted by Crippen LogP contribution is 2.45. The van der Waals surface area contributed by atoms with Gasteiger partial charge in [0, 0.05) is 36.9 Å². The van der Waals surface area contributed by atoms with Crippen molar-refractivity contribution < 1.29 is 32.5 Å². The van der Waals surface area contributed by atoms with Crippen LogP contribution in [0.5, 0.6) is 0 Å². The van der Waals surface area contributed by atoms with Gasteiger partial charge in [0.2, 0.25) is 10.0 Å². The first-order chi connectivity index (χ1) is 17.9. The van der Waals surface area contributed by atoms with E-state index in [0.29, 0.717) is 0 Å². The van der Waals surface area contributed by atoms with Crippen molar-refractivity contribution in [3.63, 3.8) is 0 Å². The highest BCUT2D eigenvalue weighted by atomic mass is 35.5. The average Bonchev–Trinajstić information content (AvgIpc) is 3.29. The van der Waals surface area contributed by atoms with Crippen molar-refractivity contribution in [2.24, 2.45) is 0 Å². The van der Waals surface area contributed by atoms with Gasteiger partial charge in [0.05, 0.1) is 27.0 Å². The first-order valence-corrected chi connectivity index (χ1v) is 13.6. The zero-order valence-corrected chi connectivity index (χ0v) is 22.8. The first-order valence-electron chi connectivity index (χ1n) is 11.0. The van der Waals surface area contributed by atoms with E-state index >= 15 is 0 Å². The van der Waals surface area contributed by atoms with Crippen molar-refractivity contribution >= 4 is 56.5 Å². The normalized spacial score (nSPS) is 15.9. The van der Waals surface area contributed by atoms with E-state index in [-0.39, 0.29) is 70.2 Å². The van der Waals surface area contributed by atoms with Gasteiger partial charge in [-0.1, -0.05) is 52.1 Å². The van der Waals surface area contributed by atoms with E-state index in [1.807, 2.05) is 0 Å². The topological polar surface area (TPSA) is 153 Å². The number of carboxylic acids is 1. The third kappa shape index (κ3) is 4.99. The Labute approximate surface area is 232 Å². The van der Waals surface area contributed by atoms with Gasteiger partial charge >= 0.3 is 5.97 Å². The van der Waals surface area contributed by atoms with E-state index in [1.54, 1.807) is 0 Å². The summed E-state index contributed by atoms with van der Waals surface area (Å²) in [5.41, 5.74) is -1.89. The number of halogens is 3. The van der Waals surface area contributed by atoms with Gasteiger partial charge in [-0.2, -0.15) is 4.31 Å². The minimum atomic E-state index is -4.22. The molecule has 38 heavy (non-hydrogen) atoms. The number of nitro groups is 1. The molecule has 1 fully saturated rings. The minimum Gasteiger partial charge on any atom is -0.477 e.